The summed E-state index contributed by atoms with van der Waals surface area (Å²) in [6, 6.07) is 57.7. The van der Waals surface area contributed by atoms with Gasteiger partial charge < -0.3 is 0 Å². The molecule has 0 saturated carbocycles. The molecule has 3 aliphatic carbocycles. The third kappa shape index (κ3) is 5.44. The first kappa shape index (κ1) is 34.8. The van der Waals surface area contributed by atoms with Crippen molar-refractivity contribution in [2.45, 2.75) is 19.3 Å². The van der Waals surface area contributed by atoms with Crippen LogP contribution < -0.4 is 0 Å². The van der Waals surface area contributed by atoms with Crippen LogP contribution in [0.4, 0.5) is 0 Å². The van der Waals surface area contributed by atoms with Gasteiger partial charge in [-0.1, -0.05) is 170 Å². The van der Waals surface area contributed by atoms with E-state index >= 15 is 0 Å². The van der Waals surface area contributed by atoms with Gasteiger partial charge in [-0.05, 0) is 154 Å². The zero-order valence-corrected chi connectivity index (χ0v) is 34.5. The Morgan fingerprint density at radius 2 is 0.934 bits per heavy atom. The number of fused-ring (bicyclic) bond motifs is 9. The van der Waals surface area contributed by atoms with Crippen molar-refractivity contribution >= 4 is 86.2 Å². The molecule has 0 nitrogen and oxygen atoms in total. The molecule has 0 radical (unpaired) electrons. The summed E-state index contributed by atoms with van der Waals surface area (Å²) in [6.45, 7) is 0. The van der Waals surface area contributed by atoms with E-state index in [1.165, 1.54) is 124 Å². The third-order valence-electron chi connectivity index (χ3n) is 13.6. The fourth-order valence-electron chi connectivity index (χ4n) is 10.8. The summed E-state index contributed by atoms with van der Waals surface area (Å²) in [5.41, 5.74) is 14.6. The van der Waals surface area contributed by atoms with Crippen LogP contribution in [0.25, 0.3) is 108 Å². The van der Waals surface area contributed by atoms with E-state index in [4.69, 9.17) is 0 Å². The van der Waals surface area contributed by atoms with Gasteiger partial charge in [0.15, 0.2) is 0 Å². The van der Waals surface area contributed by atoms with Crippen LogP contribution in [0.15, 0.2) is 200 Å². The van der Waals surface area contributed by atoms with E-state index in [0.717, 1.165) is 19.3 Å². The van der Waals surface area contributed by atoms with Gasteiger partial charge in [0.05, 0.1) is 0 Å². The van der Waals surface area contributed by atoms with Gasteiger partial charge in [-0.15, -0.1) is 11.3 Å². The lowest BCUT2D eigenvalue weighted by molar-refractivity contribution is 0.783. The standard InChI is InChI=1S/C60H40S/c1-3-15-39-33-41(27-25-37(39)13-1)57-45-17-5-9-21-49(45)59(50-22-10-6-18-46(50)57)43-29-31-55-53(35-43)54-36-44(30-32-56(54)61-55)60-51-23-11-7-19-47(51)58(48-20-8-12-24-52(48)60)42-28-26-38-14-2-4-16-40(38)34-42/h1,3-13,15-24,26-37H,2,14,25H2. The Labute approximate surface area is 359 Å². The van der Waals surface area contributed by atoms with Crippen molar-refractivity contribution in [3.63, 3.8) is 0 Å². The number of thiophene rings is 1. The molecule has 1 heterocycles. The summed E-state index contributed by atoms with van der Waals surface area (Å²) >= 11 is 1.90. The summed E-state index contributed by atoms with van der Waals surface area (Å²) in [7, 11) is 0. The molecule has 0 amide bonds. The average molecular weight is 793 g/mol. The summed E-state index contributed by atoms with van der Waals surface area (Å²) in [6.07, 6.45) is 21.7. The maximum atomic E-state index is 2.47. The molecular weight excluding hydrogens is 753 g/mol. The zero-order valence-electron chi connectivity index (χ0n) is 33.7. The molecule has 286 valence electrons. The van der Waals surface area contributed by atoms with Gasteiger partial charge in [0.1, 0.15) is 0 Å². The van der Waals surface area contributed by atoms with E-state index in [2.05, 4.69) is 200 Å². The Kier molecular flexibility index (Phi) is 7.83. The molecule has 1 aromatic heterocycles. The highest BCUT2D eigenvalue weighted by molar-refractivity contribution is 7.25. The second-order valence-electron chi connectivity index (χ2n) is 17.0. The summed E-state index contributed by atoms with van der Waals surface area (Å²) in [5.74, 6) is 0.465. The third-order valence-corrected chi connectivity index (χ3v) is 14.7. The molecule has 61 heavy (non-hydrogen) atoms. The molecular formula is C60H40S. The summed E-state index contributed by atoms with van der Waals surface area (Å²) in [5, 5.41) is 13.0. The van der Waals surface area contributed by atoms with Crippen LogP contribution in [0.2, 0.25) is 0 Å². The van der Waals surface area contributed by atoms with Gasteiger partial charge in [0.25, 0.3) is 0 Å². The first-order valence-corrected chi connectivity index (χ1v) is 22.5. The van der Waals surface area contributed by atoms with Gasteiger partial charge >= 0.3 is 0 Å². The lowest BCUT2D eigenvalue weighted by Crippen LogP contribution is -2.06. The van der Waals surface area contributed by atoms with Crippen LogP contribution >= 0.6 is 11.3 Å². The predicted octanol–water partition coefficient (Wildman–Crippen LogP) is 17.1. The Hall–Kier alpha value is -7.06. The van der Waals surface area contributed by atoms with Gasteiger partial charge in [0, 0.05) is 26.1 Å². The smallest absolute Gasteiger partial charge is 0.0355 e. The maximum Gasteiger partial charge on any atom is 0.0355 e. The fraction of sp³-hybridized carbons (Fsp3) is 0.0667. The SMILES string of the molecule is C1=CC2=CC(c3c4ccccc4c(-c4ccc5sc6ccc(-c7c8ccccc8c(-c8ccc9c(c8)C=CCC9)c8ccccc78)cc6c5c4)c4ccccc34)=CCC2C=C1. The van der Waals surface area contributed by atoms with E-state index in [0.29, 0.717) is 5.92 Å². The van der Waals surface area contributed by atoms with Crippen molar-refractivity contribution in [2.75, 3.05) is 0 Å². The molecule has 0 N–H and O–H groups in total. The molecule has 1 atom stereocenters. The molecule has 1 heteroatoms. The summed E-state index contributed by atoms with van der Waals surface area (Å²) in [4.78, 5) is 0. The van der Waals surface area contributed by atoms with E-state index < -0.39 is 0 Å². The van der Waals surface area contributed by atoms with Crippen LogP contribution in [-0.4, -0.2) is 0 Å². The second-order valence-corrected chi connectivity index (χ2v) is 18.0. The zero-order chi connectivity index (χ0) is 40.0. The van der Waals surface area contributed by atoms with Crippen molar-refractivity contribution in [3.8, 4) is 33.4 Å². The summed E-state index contributed by atoms with van der Waals surface area (Å²) < 4.78 is 2.63. The molecule has 0 saturated heterocycles. The highest BCUT2D eigenvalue weighted by atomic mass is 32.1. The molecule has 9 aromatic carbocycles. The lowest BCUT2D eigenvalue weighted by Gasteiger charge is -2.24. The minimum atomic E-state index is 0.465. The number of benzene rings is 9. The molecule has 1 unspecified atom stereocenters. The number of hydrogen-bond donors (Lipinski definition) is 0. The Balaban J connectivity index is 1.01. The van der Waals surface area contributed by atoms with Crippen LogP contribution in [0.1, 0.15) is 29.5 Å². The number of rotatable bonds is 4. The minimum absolute atomic E-state index is 0.465. The van der Waals surface area contributed by atoms with Gasteiger partial charge in [0.2, 0.25) is 0 Å². The van der Waals surface area contributed by atoms with Crippen LogP contribution in [0.3, 0.4) is 0 Å². The van der Waals surface area contributed by atoms with Crippen LogP contribution in [-0.2, 0) is 6.42 Å². The molecule has 0 spiro atoms. The van der Waals surface area contributed by atoms with Crippen molar-refractivity contribution in [3.05, 3.63) is 216 Å². The van der Waals surface area contributed by atoms with Gasteiger partial charge in [-0.25, -0.2) is 0 Å². The monoisotopic (exact) mass is 792 g/mol. The second kappa shape index (κ2) is 13.7. The van der Waals surface area contributed by atoms with Crippen LogP contribution in [0.5, 0.6) is 0 Å². The van der Waals surface area contributed by atoms with E-state index in [1.54, 1.807) is 0 Å². The van der Waals surface area contributed by atoms with Gasteiger partial charge in [-0.2, -0.15) is 0 Å². The van der Waals surface area contributed by atoms with E-state index in [-0.39, 0.29) is 0 Å². The normalized spacial score (nSPS) is 15.8. The molecule has 0 fully saturated rings. The van der Waals surface area contributed by atoms with Crippen LogP contribution in [0, 0.1) is 5.92 Å². The lowest BCUT2D eigenvalue weighted by atomic mass is 9.80. The fourth-order valence-corrected chi connectivity index (χ4v) is 11.9. The minimum Gasteiger partial charge on any atom is -0.135 e. The van der Waals surface area contributed by atoms with Crippen molar-refractivity contribution in [2.24, 2.45) is 5.92 Å². The molecule has 13 rings (SSSR count). The van der Waals surface area contributed by atoms with E-state index in [9.17, 15) is 0 Å². The molecule has 0 bridgehead atoms. The van der Waals surface area contributed by atoms with Gasteiger partial charge in [-0.3, -0.25) is 0 Å². The Morgan fingerprint density at radius 1 is 0.443 bits per heavy atom. The topological polar surface area (TPSA) is 0 Å². The Morgan fingerprint density at radius 3 is 1.48 bits per heavy atom. The maximum absolute atomic E-state index is 2.47. The van der Waals surface area contributed by atoms with Crippen molar-refractivity contribution in [1.29, 1.82) is 0 Å². The molecule has 3 aliphatic rings. The first-order valence-electron chi connectivity index (χ1n) is 21.7. The number of hydrogen-bond acceptors (Lipinski definition) is 1. The molecule has 10 aromatic rings. The number of aryl methyl sites for hydroxylation is 1. The highest BCUT2D eigenvalue weighted by Crippen LogP contribution is 2.48. The average Bonchev–Trinajstić information content (AvgIpc) is 3.69. The Bertz CT molecular complexity index is 3560. The van der Waals surface area contributed by atoms with E-state index in [1.807, 2.05) is 11.3 Å². The first-order chi connectivity index (χ1) is 30.2. The predicted molar refractivity (Wildman–Crippen MR) is 265 cm³/mol. The largest absolute Gasteiger partial charge is 0.135 e. The highest BCUT2D eigenvalue weighted by Gasteiger charge is 2.23. The number of allylic oxidation sites excluding steroid dienone is 9. The molecule has 0 aliphatic heterocycles. The van der Waals surface area contributed by atoms with Crippen molar-refractivity contribution in [1.82, 2.24) is 0 Å². The quantitative estimate of drug-likeness (QED) is 0.156. The van der Waals surface area contributed by atoms with Crippen molar-refractivity contribution < 1.29 is 0 Å².